The molecule has 0 saturated carbocycles. The van der Waals surface area contributed by atoms with Gasteiger partial charge in [0.1, 0.15) is 0 Å². The highest BCUT2D eigenvalue weighted by Crippen LogP contribution is 2.03. The van der Waals surface area contributed by atoms with Crippen LogP contribution in [0.15, 0.2) is 6.07 Å². The highest BCUT2D eigenvalue weighted by molar-refractivity contribution is 5.08. The van der Waals surface area contributed by atoms with Gasteiger partial charge in [-0.3, -0.25) is 4.68 Å². The van der Waals surface area contributed by atoms with E-state index >= 15 is 0 Å². The van der Waals surface area contributed by atoms with Crippen molar-refractivity contribution >= 4 is 0 Å². The van der Waals surface area contributed by atoms with Gasteiger partial charge in [-0.2, -0.15) is 5.10 Å². The second-order valence-corrected chi connectivity index (χ2v) is 4.43. The molecule has 0 aliphatic carbocycles. The van der Waals surface area contributed by atoms with Gasteiger partial charge in [0.05, 0.1) is 11.4 Å². The second kappa shape index (κ2) is 6.66. The summed E-state index contributed by atoms with van der Waals surface area (Å²) in [5, 5.41) is 7.88. The summed E-state index contributed by atoms with van der Waals surface area (Å²) in [6, 6.07) is 2.16. The van der Waals surface area contributed by atoms with Crippen LogP contribution in [-0.2, 0) is 13.1 Å². The minimum absolute atomic E-state index is 0.919. The van der Waals surface area contributed by atoms with Crippen molar-refractivity contribution in [2.45, 2.75) is 33.4 Å². The van der Waals surface area contributed by atoms with E-state index in [2.05, 4.69) is 47.1 Å². The SMILES string of the molecule is CCn1nc(C)cc1CNCCCN(C)C. The molecule has 0 amide bonds. The molecule has 1 aromatic heterocycles. The normalized spacial score (nSPS) is 11.3. The number of nitrogens with zero attached hydrogens (tertiary/aromatic N) is 3. The highest BCUT2D eigenvalue weighted by Gasteiger charge is 2.02. The maximum absolute atomic E-state index is 4.42. The van der Waals surface area contributed by atoms with Gasteiger partial charge in [0.15, 0.2) is 0 Å². The van der Waals surface area contributed by atoms with Crippen LogP contribution in [-0.4, -0.2) is 41.9 Å². The van der Waals surface area contributed by atoms with Crippen molar-refractivity contribution < 1.29 is 0 Å². The Morgan fingerprint density at radius 2 is 2.19 bits per heavy atom. The fourth-order valence-electron chi connectivity index (χ4n) is 1.75. The zero-order valence-electron chi connectivity index (χ0n) is 11.0. The fraction of sp³-hybridized carbons (Fsp3) is 0.750. The van der Waals surface area contributed by atoms with Crippen LogP contribution >= 0.6 is 0 Å². The predicted octanol–water partition coefficient (Wildman–Crippen LogP) is 1.25. The van der Waals surface area contributed by atoms with E-state index in [0.29, 0.717) is 0 Å². The maximum atomic E-state index is 4.42. The average Bonchev–Trinajstić information content (AvgIpc) is 2.58. The molecule has 16 heavy (non-hydrogen) atoms. The van der Waals surface area contributed by atoms with Gasteiger partial charge in [0.25, 0.3) is 0 Å². The number of nitrogens with one attached hydrogen (secondary N) is 1. The highest BCUT2D eigenvalue weighted by atomic mass is 15.3. The van der Waals surface area contributed by atoms with Crippen LogP contribution in [0.25, 0.3) is 0 Å². The maximum Gasteiger partial charge on any atom is 0.0597 e. The van der Waals surface area contributed by atoms with Gasteiger partial charge in [0.2, 0.25) is 0 Å². The summed E-state index contributed by atoms with van der Waals surface area (Å²) in [6.07, 6.45) is 1.19. The molecule has 4 heteroatoms. The number of hydrogen-bond donors (Lipinski definition) is 1. The topological polar surface area (TPSA) is 33.1 Å². The van der Waals surface area contributed by atoms with E-state index < -0.39 is 0 Å². The van der Waals surface area contributed by atoms with E-state index in [1.165, 1.54) is 12.1 Å². The Kier molecular flexibility index (Phi) is 5.49. The van der Waals surface area contributed by atoms with Crippen molar-refractivity contribution in [3.63, 3.8) is 0 Å². The van der Waals surface area contributed by atoms with Crippen molar-refractivity contribution in [1.82, 2.24) is 20.0 Å². The van der Waals surface area contributed by atoms with Crippen molar-refractivity contribution in [3.05, 3.63) is 17.5 Å². The molecule has 1 rings (SSSR count). The summed E-state index contributed by atoms with van der Waals surface area (Å²) in [6.45, 7) is 8.24. The number of aryl methyl sites for hydroxylation is 2. The van der Waals surface area contributed by atoms with Crippen molar-refractivity contribution in [2.75, 3.05) is 27.2 Å². The van der Waals surface area contributed by atoms with Gasteiger partial charge < -0.3 is 10.2 Å². The van der Waals surface area contributed by atoms with Crippen LogP contribution < -0.4 is 5.32 Å². The first kappa shape index (κ1) is 13.2. The molecule has 0 aliphatic rings. The molecule has 0 radical (unpaired) electrons. The standard InChI is InChI=1S/C12H24N4/c1-5-16-12(9-11(2)14-16)10-13-7-6-8-15(3)4/h9,13H,5-8,10H2,1-4H3. The second-order valence-electron chi connectivity index (χ2n) is 4.43. The minimum atomic E-state index is 0.919. The molecule has 4 nitrogen and oxygen atoms in total. The van der Waals surface area contributed by atoms with Crippen molar-refractivity contribution in [2.24, 2.45) is 0 Å². The van der Waals surface area contributed by atoms with Crippen LogP contribution in [0.5, 0.6) is 0 Å². The van der Waals surface area contributed by atoms with Crippen LogP contribution in [0.1, 0.15) is 24.7 Å². The summed E-state index contributed by atoms with van der Waals surface area (Å²) in [4.78, 5) is 2.21. The lowest BCUT2D eigenvalue weighted by molar-refractivity contribution is 0.393. The van der Waals surface area contributed by atoms with Crippen LogP contribution in [0.4, 0.5) is 0 Å². The lowest BCUT2D eigenvalue weighted by atomic mass is 10.3. The summed E-state index contributed by atoms with van der Waals surface area (Å²) in [5.41, 5.74) is 2.39. The molecule has 1 aromatic rings. The molecule has 0 spiro atoms. The molecule has 0 saturated heterocycles. The quantitative estimate of drug-likeness (QED) is 0.708. The van der Waals surface area contributed by atoms with Crippen LogP contribution in [0.3, 0.4) is 0 Å². The summed E-state index contributed by atoms with van der Waals surface area (Å²) in [5.74, 6) is 0. The molecule has 1 N–H and O–H groups in total. The summed E-state index contributed by atoms with van der Waals surface area (Å²) >= 11 is 0. The van der Waals surface area contributed by atoms with Gasteiger partial charge in [-0.1, -0.05) is 0 Å². The third kappa shape index (κ3) is 4.33. The third-order valence-corrected chi connectivity index (χ3v) is 2.55. The van der Waals surface area contributed by atoms with Crippen LogP contribution in [0, 0.1) is 6.92 Å². The summed E-state index contributed by atoms with van der Waals surface area (Å²) in [7, 11) is 4.21. The molecular formula is C12H24N4. The third-order valence-electron chi connectivity index (χ3n) is 2.55. The summed E-state index contributed by atoms with van der Waals surface area (Å²) < 4.78 is 2.06. The Bertz CT molecular complexity index is 304. The van der Waals surface area contributed by atoms with Gasteiger partial charge >= 0.3 is 0 Å². The first-order valence-corrected chi connectivity index (χ1v) is 6.02. The smallest absolute Gasteiger partial charge is 0.0597 e. The molecule has 1 heterocycles. The van der Waals surface area contributed by atoms with E-state index in [0.717, 1.165) is 31.9 Å². The number of hydrogen-bond acceptors (Lipinski definition) is 3. The Morgan fingerprint density at radius 1 is 1.44 bits per heavy atom. The molecule has 0 fully saturated rings. The van der Waals surface area contributed by atoms with Gasteiger partial charge in [-0.15, -0.1) is 0 Å². The molecule has 0 aromatic carbocycles. The molecular weight excluding hydrogens is 200 g/mol. The van der Waals surface area contributed by atoms with Crippen molar-refractivity contribution in [3.8, 4) is 0 Å². The first-order valence-electron chi connectivity index (χ1n) is 6.02. The van der Waals surface area contributed by atoms with Crippen molar-refractivity contribution in [1.29, 1.82) is 0 Å². The Morgan fingerprint density at radius 3 is 2.81 bits per heavy atom. The first-order chi connectivity index (χ1) is 7.63. The van der Waals surface area contributed by atoms with E-state index in [9.17, 15) is 0 Å². The Labute approximate surface area is 98.6 Å². The van der Waals surface area contributed by atoms with Gasteiger partial charge in [-0.25, -0.2) is 0 Å². The van der Waals surface area contributed by atoms with E-state index in [4.69, 9.17) is 0 Å². The average molecular weight is 224 g/mol. The minimum Gasteiger partial charge on any atom is -0.311 e. The predicted molar refractivity (Wildman–Crippen MR) is 67.5 cm³/mol. The molecule has 92 valence electrons. The largest absolute Gasteiger partial charge is 0.311 e. The van der Waals surface area contributed by atoms with Gasteiger partial charge in [-0.05, 0) is 53.5 Å². The zero-order chi connectivity index (χ0) is 12.0. The van der Waals surface area contributed by atoms with E-state index in [1.807, 2.05) is 6.92 Å². The molecule has 0 unspecified atom stereocenters. The number of rotatable bonds is 7. The van der Waals surface area contributed by atoms with E-state index in [-0.39, 0.29) is 0 Å². The molecule has 0 aliphatic heterocycles. The van der Waals surface area contributed by atoms with E-state index in [1.54, 1.807) is 0 Å². The fourth-order valence-corrected chi connectivity index (χ4v) is 1.75. The Hall–Kier alpha value is -0.870. The Balaban J connectivity index is 2.26. The van der Waals surface area contributed by atoms with Gasteiger partial charge in [0, 0.05) is 13.1 Å². The molecule has 0 bridgehead atoms. The molecule has 0 atom stereocenters. The number of aromatic nitrogens is 2. The lowest BCUT2D eigenvalue weighted by Crippen LogP contribution is -2.22. The lowest BCUT2D eigenvalue weighted by Gasteiger charge is -2.10. The monoisotopic (exact) mass is 224 g/mol. The zero-order valence-corrected chi connectivity index (χ0v) is 11.0. The van der Waals surface area contributed by atoms with Crippen LogP contribution in [0.2, 0.25) is 0 Å².